The summed E-state index contributed by atoms with van der Waals surface area (Å²) in [5.74, 6) is -1.99. The summed E-state index contributed by atoms with van der Waals surface area (Å²) in [6.45, 7) is 2.11. The van der Waals surface area contributed by atoms with E-state index in [9.17, 15) is 13.6 Å². The summed E-state index contributed by atoms with van der Waals surface area (Å²) in [5, 5.41) is 6.47. The van der Waals surface area contributed by atoms with Crippen molar-refractivity contribution in [3.63, 3.8) is 0 Å². The first-order valence-corrected chi connectivity index (χ1v) is 7.29. The van der Waals surface area contributed by atoms with Gasteiger partial charge in [0.1, 0.15) is 5.69 Å². The van der Waals surface area contributed by atoms with Crippen LogP contribution in [0.5, 0.6) is 0 Å². The molecule has 0 aliphatic carbocycles. The molecular formula is C18H14F2N2O2. The number of amides is 1. The van der Waals surface area contributed by atoms with Crippen molar-refractivity contribution in [1.29, 1.82) is 0 Å². The van der Waals surface area contributed by atoms with Gasteiger partial charge < -0.3 is 9.84 Å². The van der Waals surface area contributed by atoms with E-state index in [2.05, 4.69) is 10.5 Å². The minimum absolute atomic E-state index is 0.0381. The largest absolute Gasteiger partial charge is 0.356 e. The van der Waals surface area contributed by atoms with Crippen molar-refractivity contribution in [3.8, 4) is 11.3 Å². The number of nitrogens with zero attached hydrogens (tertiary/aromatic N) is 1. The molecule has 0 bridgehead atoms. The third-order valence-electron chi connectivity index (χ3n) is 3.51. The van der Waals surface area contributed by atoms with Crippen LogP contribution in [-0.4, -0.2) is 11.1 Å². The molecule has 1 N–H and O–H groups in total. The highest BCUT2D eigenvalue weighted by Crippen LogP contribution is 2.20. The van der Waals surface area contributed by atoms with Gasteiger partial charge in [0.15, 0.2) is 17.4 Å². The molecule has 0 saturated heterocycles. The Balaban J connectivity index is 1.65. The van der Waals surface area contributed by atoms with Crippen LogP contribution in [0.1, 0.15) is 21.6 Å². The van der Waals surface area contributed by atoms with E-state index in [0.29, 0.717) is 11.5 Å². The van der Waals surface area contributed by atoms with Crippen molar-refractivity contribution >= 4 is 5.91 Å². The number of halogens is 2. The molecule has 0 fully saturated rings. The highest BCUT2D eigenvalue weighted by atomic mass is 19.2. The van der Waals surface area contributed by atoms with Gasteiger partial charge in [0.05, 0.1) is 6.54 Å². The molecule has 122 valence electrons. The lowest BCUT2D eigenvalue weighted by Crippen LogP contribution is -2.23. The predicted octanol–water partition coefficient (Wildman–Crippen LogP) is 3.86. The molecular weight excluding hydrogens is 314 g/mol. The molecule has 0 atom stereocenters. The van der Waals surface area contributed by atoms with Gasteiger partial charge in [-0.15, -0.1) is 0 Å². The van der Waals surface area contributed by atoms with Crippen molar-refractivity contribution in [1.82, 2.24) is 10.5 Å². The Labute approximate surface area is 137 Å². The van der Waals surface area contributed by atoms with Gasteiger partial charge in [0.25, 0.3) is 5.91 Å². The van der Waals surface area contributed by atoms with Crippen LogP contribution in [-0.2, 0) is 6.54 Å². The second-order valence-corrected chi connectivity index (χ2v) is 5.36. The molecule has 6 heteroatoms. The van der Waals surface area contributed by atoms with Gasteiger partial charge in [-0.2, -0.15) is 0 Å². The topological polar surface area (TPSA) is 55.1 Å². The van der Waals surface area contributed by atoms with E-state index in [4.69, 9.17) is 4.52 Å². The zero-order valence-corrected chi connectivity index (χ0v) is 12.8. The molecule has 24 heavy (non-hydrogen) atoms. The Morgan fingerprint density at radius 2 is 1.83 bits per heavy atom. The molecule has 3 aromatic rings. The number of benzene rings is 2. The fourth-order valence-electron chi connectivity index (χ4n) is 2.16. The van der Waals surface area contributed by atoms with E-state index in [1.54, 1.807) is 6.07 Å². The maximum Gasteiger partial charge on any atom is 0.251 e. The summed E-state index contributed by atoms with van der Waals surface area (Å²) in [7, 11) is 0. The molecule has 1 amide bonds. The number of hydrogen-bond acceptors (Lipinski definition) is 3. The minimum Gasteiger partial charge on any atom is -0.356 e. The average molecular weight is 328 g/mol. The Hall–Kier alpha value is -3.02. The zero-order chi connectivity index (χ0) is 17.1. The monoisotopic (exact) mass is 328 g/mol. The third kappa shape index (κ3) is 3.48. The maximum absolute atomic E-state index is 13.1. The number of aromatic nitrogens is 1. The smallest absolute Gasteiger partial charge is 0.251 e. The van der Waals surface area contributed by atoms with E-state index in [0.717, 1.165) is 23.3 Å². The quantitative estimate of drug-likeness (QED) is 0.791. The molecule has 0 radical (unpaired) electrons. The van der Waals surface area contributed by atoms with Crippen LogP contribution in [0.2, 0.25) is 0 Å². The van der Waals surface area contributed by atoms with Gasteiger partial charge >= 0.3 is 0 Å². The standard InChI is InChI=1S/C18H14F2N2O2/c1-11-2-4-12(5-3-11)17-9-14(22-24-17)10-21-18(23)13-6-7-15(19)16(20)8-13/h2-9H,10H2,1H3,(H,21,23). The van der Waals surface area contributed by atoms with Crippen molar-refractivity contribution in [2.24, 2.45) is 0 Å². The van der Waals surface area contributed by atoms with Gasteiger partial charge in [-0.25, -0.2) is 8.78 Å². The SMILES string of the molecule is Cc1ccc(-c2cc(CNC(=O)c3ccc(F)c(F)c3)no2)cc1. The first-order valence-electron chi connectivity index (χ1n) is 7.29. The van der Waals surface area contributed by atoms with Crippen LogP contribution in [0.4, 0.5) is 8.78 Å². The Morgan fingerprint density at radius 1 is 1.08 bits per heavy atom. The zero-order valence-electron chi connectivity index (χ0n) is 12.8. The van der Waals surface area contributed by atoms with E-state index in [-0.39, 0.29) is 12.1 Å². The molecule has 0 aliphatic heterocycles. The second kappa shape index (κ2) is 6.62. The normalized spacial score (nSPS) is 10.6. The Kier molecular flexibility index (Phi) is 4.37. The van der Waals surface area contributed by atoms with Crippen molar-refractivity contribution in [2.45, 2.75) is 13.5 Å². The second-order valence-electron chi connectivity index (χ2n) is 5.36. The fraction of sp³-hybridized carbons (Fsp3) is 0.111. The number of hydrogen-bond donors (Lipinski definition) is 1. The van der Waals surface area contributed by atoms with Crippen LogP contribution in [0.3, 0.4) is 0 Å². The molecule has 4 nitrogen and oxygen atoms in total. The molecule has 1 heterocycles. The van der Waals surface area contributed by atoms with Crippen molar-refractivity contribution < 1.29 is 18.1 Å². The van der Waals surface area contributed by atoms with E-state index < -0.39 is 17.5 Å². The summed E-state index contributed by atoms with van der Waals surface area (Å²) in [6, 6.07) is 12.5. The first-order chi connectivity index (χ1) is 11.5. The lowest BCUT2D eigenvalue weighted by molar-refractivity contribution is 0.0949. The summed E-state index contributed by atoms with van der Waals surface area (Å²) in [5.41, 5.74) is 2.58. The van der Waals surface area contributed by atoms with Crippen LogP contribution in [0.15, 0.2) is 53.1 Å². The van der Waals surface area contributed by atoms with Gasteiger partial charge in [0, 0.05) is 17.2 Å². The molecule has 0 saturated carbocycles. The summed E-state index contributed by atoms with van der Waals surface area (Å²) >= 11 is 0. The first kappa shape index (κ1) is 15.9. The van der Waals surface area contributed by atoms with Gasteiger partial charge in [0.2, 0.25) is 0 Å². The molecule has 0 aliphatic rings. The number of carbonyl (C=O) groups excluding carboxylic acids is 1. The maximum atomic E-state index is 13.1. The van der Waals surface area contributed by atoms with Crippen LogP contribution in [0.25, 0.3) is 11.3 Å². The van der Waals surface area contributed by atoms with Crippen molar-refractivity contribution in [2.75, 3.05) is 0 Å². The molecule has 2 aromatic carbocycles. The fourth-order valence-corrected chi connectivity index (χ4v) is 2.16. The van der Waals surface area contributed by atoms with E-state index >= 15 is 0 Å². The lowest BCUT2D eigenvalue weighted by Gasteiger charge is -2.03. The minimum atomic E-state index is -1.06. The number of aryl methyl sites for hydroxylation is 1. The van der Waals surface area contributed by atoms with Crippen LogP contribution >= 0.6 is 0 Å². The van der Waals surface area contributed by atoms with Gasteiger partial charge in [-0.05, 0) is 25.1 Å². The molecule has 1 aromatic heterocycles. The number of carbonyl (C=O) groups is 1. The summed E-state index contributed by atoms with van der Waals surface area (Å²) < 4.78 is 31.3. The van der Waals surface area contributed by atoms with Gasteiger partial charge in [-0.1, -0.05) is 35.0 Å². The molecule has 0 spiro atoms. The number of nitrogens with one attached hydrogen (secondary N) is 1. The summed E-state index contributed by atoms with van der Waals surface area (Å²) in [4.78, 5) is 11.9. The van der Waals surface area contributed by atoms with E-state index in [1.165, 1.54) is 6.07 Å². The van der Waals surface area contributed by atoms with Crippen LogP contribution in [0, 0.1) is 18.6 Å². The highest BCUT2D eigenvalue weighted by molar-refractivity contribution is 5.94. The van der Waals surface area contributed by atoms with Crippen LogP contribution < -0.4 is 5.32 Å². The van der Waals surface area contributed by atoms with Crippen molar-refractivity contribution in [3.05, 3.63) is 77.0 Å². The lowest BCUT2D eigenvalue weighted by atomic mass is 10.1. The Bertz CT molecular complexity index is 873. The summed E-state index contributed by atoms with van der Waals surface area (Å²) in [6.07, 6.45) is 0. The van der Waals surface area contributed by atoms with E-state index in [1.807, 2.05) is 31.2 Å². The molecule has 3 rings (SSSR count). The van der Waals surface area contributed by atoms with Gasteiger partial charge in [-0.3, -0.25) is 4.79 Å². The molecule has 0 unspecified atom stereocenters. The average Bonchev–Trinajstić information content (AvgIpc) is 3.05. The predicted molar refractivity (Wildman–Crippen MR) is 84.2 cm³/mol. The third-order valence-corrected chi connectivity index (χ3v) is 3.51. The number of rotatable bonds is 4. The Morgan fingerprint density at radius 3 is 2.54 bits per heavy atom. The highest BCUT2D eigenvalue weighted by Gasteiger charge is 2.11.